The maximum atomic E-state index is 11.7. The fourth-order valence-corrected chi connectivity index (χ4v) is 2.25. The van der Waals surface area contributed by atoms with E-state index in [1.165, 1.54) is 11.8 Å². The van der Waals surface area contributed by atoms with Crippen LogP contribution < -0.4 is 5.32 Å². The summed E-state index contributed by atoms with van der Waals surface area (Å²) in [5, 5.41) is 11.7. The molecule has 0 saturated heterocycles. The van der Waals surface area contributed by atoms with Crippen LogP contribution in [0.3, 0.4) is 0 Å². The molecule has 0 aliphatic rings. The quantitative estimate of drug-likeness (QED) is 0.802. The summed E-state index contributed by atoms with van der Waals surface area (Å²) in [5.41, 5.74) is 0.640. The van der Waals surface area contributed by atoms with E-state index in [-0.39, 0.29) is 11.9 Å². The van der Waals surface area contributed by atoms with E-state index in [1.54, 1.807) is 12.1 Å². The summed E-state index contributed by atoms with van der Waals surface area (Å²) in [4.78, 5) is 12.7. The lowest BCUT2D eigenvalue weighted by Gasteiger charge is -2.14. The Labute approximate surface area is 113 Å². The van der Waals surface area contributed by atoms with Crippen LogP contribution in [0.5, 0.6) is 0 Å². The Hall–Kier alpha value is -1.47. The molecule has 0 aromatic heterocycles. The van der Waals surface area contributed by atoms with Gasteiger partial charge in [0.25, 0.3) is 0 Å². The van der Waals surface area contributed by atoms with Gasteiger partial charge in [0.05, 0.1) is 17.4 Å². The molecule has 0 heterocycles. The minimum atomic E-state index is 0.0676. The first-order chi connectivity index (χ1) is 8.69. The second-order valence-electron chi connectivity index (χ2n) is 4.01. The van der Waals surface area contributed by atoms with E-state index < -0.39 is 0 Å². The van der Waals surface area contributed by atoms with Gasteiger partial charge in [-0.05, 0) is 37.1 Å². The number of rotatable bonds is 6. The predicted octanol–water partition coefficient (Wildman–Crippen LogP) is 2.96. The molecule has 96 valence electrons. The van der Waals surface area contributed by atoms with Gasteiger partial charge in [-0.3, -0.25) is 4.79 Å². The van der Waals surface area contributed by atoms with Crippen molar-refractivity contribution in [2.75, 3.05) is 5.75 Å². The summed E-state index contributed by atoms with van der Waals surface area (Å²) in [5.74, 6) is 0.487. The highest BCUT2D eigenvalue weighted by Gasteiger charge is 2.08. The third-order valence-electron chi connectivity index (χ3n) is 2.70. The zero-order chi connectivity index (χ0) is 13.4. The second-order valence-corrected chi connectivity index (χ2v) is 5.05. The predicted molar refractivity (Wildman–Crippen MR) is 74.4 cm³/mol. The summed E-state index contributed by atoms with van der Waals surface area (Å²) >= 11 is 1.49. The first-order valence-electron chi connectivity index (χ1n) is 6.11. The van der Waals surface area contributed by atoms with Crippen molar-refractivity contribution < 1.29 is 4.79 Å². The Morgan fingerprint density at radius 2 is 1.94 bits per heavy atom. The van der Waals surface area contributed by atoms with Crippen molar-refractivity contribution in [3.63, 3.8) is 0 Å². The highest BCUT2D eigenvalue weighted by atomic mass is 32.2. The third-order valence-corrected chi connectivity index (χ3v) is 3.72. The van der Waals surface area contributed by atoms with Gasteiger partial charge in [0.15, 0.2) is 0 Å². The van der Waals surface area contributed by atoms with E-state index >= 15 is 0 Å². The Morgan fingerprint density at radius 3 is 2.44 bits per heavy atom. The number of hydrogen-bond acceptors (Lipinski definition) is 3. The molecular formula is C14H18N2OS. The number of nitrogens with one attached hydrogen (secondary N) is 1. The SMILES string of the molecule is CCC(CC)NC(=O)CSc1ccc(C#N)cc1. The molecule has 0 spiro atoms. The first-order valence-corrected chi connectivity index (χ1v) is 7.10. The average molecular weight is 262 g/mol. The third kappa shape index (κ3) is 4.80. The van der Waals surface area contributed by atoms with E-state index in [0.717, 1.165) is 17.7 Å². The molecular weight excluding hydrogens is 244 g/mol. The van der Waals surface area contributed by atoms with E-state index in [2.05, 4.69) is 25.2 Å². The van der Waals surface area contributed by atoms with Gasteiger partial charge in [-0.15, -0.1) is 11.8 Å². The number of carbonyl (C=O) groups excluding carboxylic acids is 1. The molecule has 0 unspecified atom stereocenters. The first kappa shape index (κ1) is 14.6. The van der Waals surface area contributed by atoms with Gasteiger partial charge in [-0.25, -0.2) is 0 Å². The summed E-state index contributed by atoms with van der Waals surface area (Å²) in [6.07, 6.45) is 1.92. The minimum absolute atomic E-state index is 0.0676. The van der Waals surface area contributed by atoms with Crippen LogP contribution in [0.4, 0.5) is 0 Å². The molecule has 18 heavy (non-hydrogen) atoms. The summed E-state index contributed by atoms with van der Waals surface area (Å²) in [6, 6.07) is 9.62. The molecule has 4 heteroatoms. The average Bonchev–Trinajstić information content (AvgIpc) is 2.43. The summed E-state index contributed by atoms with van der Waals surface area (Å²) in [6.45, 7) is 4.14. The maximum Gasteiger partial charge on any atom is 0.230 e. The van der Waals surface area contributed by atoms with Crippen LogP contribution in [0.25, 0.3) is 0 Å². The van der Waals surface area contributed by atoms with Gasteiger partial charge < -0.3 is 5.32 Å². The van der Waals surface area contributed by atoms with Crippen molar-refractivity contribution in [3.05, 3.63) is 29.8 Å². The van der Waals surface area contributed by atoms with Gasteiger partial charge in [0.1, 0.15) is 0 Å². The number of amides is 1. The van der Waals surface area contributed by atoms with Gasteiger partial charge in [0, 0.05) is 10.9 Å². The standard InChI is InChI=1S/C14H18N2OS/c1-3-12(4-2)16-14(17)10-18-13-7-5-11(9-15)6-8-13/h5-8,12H,3-4,10H2,1-2H3,(H,16,17). The van der Waals surface area contributed by atoms with Crippen LogP contribution in [0.1, 0.15) is 32.3 Å². The summed E-state index contributed by atoms with van der Waals surface area (Å²) < 4.78 is 0. The molecule has 0 saturated carbocycles. The van der Waals surface area contributed by atoms with Crippen LogP contribution in [0, 0.1) is 11.3 Å². The zero-order valence-electron chi connectivity index (χ0n) is 10.8. The molecule has 0 aliphatic heterocycles. The number of thioether (sulfide) groups is 1. The topological polar surface area (TPSA) is 52.9 Å². The molecule has 1 aromatic rings. The summed E-state index contributed by atoms with van der Waals surface area (Å²) in [7, 11) is 0. The van der Waals surface area contributed by atoms with Crippen molar-refractivity contribution in [2.45, 2.75) is 37.6 Å². The van der Waals surface area contributed by atoms with E-state index in [4.69, 9.17) is 5.26 Å². The molecule has 1 rings (SSSR count). The fourth-order valence-electron chi connectivity index (χ4n) is 1.54. The molecule has 1 amide bonds. The van der Waals surface area contributed by atoms with Gasteiger partial charge in [-0.2, -0.15) is 5.26 Å². The Balaban J connectivity index is 2.40. The van der Waals surface area contributed by atoms with Crippen molar-refractivity contribution in [3.8, 4) is 6.07 Å². The van der Waals surface area contributed by atoms with Gasteiger partial charge in [-0.1, -0.05) is 13.8 Å². The van der Waals surface area contributed by atoms with Crippen LogP contribution in [0.15, 0.2) is 29.2 Å². The lowest BCUT2D eigenvalue weighted by atomic mass is 10.2. The van der Waals surface area contributed by atoms with Crippen LogP contribution in [0.2, 0.25) is 0 Å². The number of benzene rings is 1. The molecule has 1 N–H and O–H groups in total. The number of hydrogen-bond donors (Lipinski definition) is 1. The number of carbonyl (C=O) groups is 1. The smallest absolute Gasteiger partial charge is 0.230 e. The van der Waals surface area contributed by atoms with Crippen LogP contribution in [-0.4, -0.2) is 17.7 Å². The van der Waals surface area contributed by atoms with E-state index in [0.29, 0.717) is 11.3 Å². The monoisotopic (exact) mass is 262 g/mol. The van der Waals surface area contributed by atoms with Crippen molar-refractivity contribution in [1.29, 1.82) is 5.26 Å². The molecule has 0 radical (unpaired) electrons. The van der Waals surface area contributed by atoms with E-state index in [1.807, 2.05) is 12.1 Å². The molecule has 1 aromatic carbocycles. The zero-order valence-corrected chi connectivity index (χ0v) is 11.6. The Kier molecular flexibility index (Phi) is 6.31. The molecule has 0 fully saturated rings. The van der Waals surface area contributed by atoms with Crippen LogP contribution >= 0.6 is 11.8 Å². The molecule has 0 bridgehead atoms. The van der Waals surface area contributed by atoms with Gasteiger partial charge in [0.2, 0.25) is 5.91 Å². The van der Waals surface area contributed by atoms with Crippen molar-refractivity contribution >= 4 is 17.7 Å². The highest BCUT2D eigenvalue weighted by Crippen LogP contribution is 2.18. The minimum Gasteiger partial charge on any atom is -0.353 e. The normalized spacial score (nSPS) is 10.1. The lowest BCUT2D eigenvalue weighted by Crippen LogP contribution is -2.34. The van der Waals surface area contributed by atoms with Gasteiger partial charge >= 0.3 is 0 Å². The lowest BCUT2D eigenvalue weighted by molar-refractivity contribution is -0.119. The second kappa shape index (κ2) is 7.78. The number of nitrogens with zero attached hydrogens (tertiary/aromatic N) is 1. The largest absolute Gasteiger partial charge is 0.353 e. The Bertz CT molecular complexity index is 418. The maximum absolute atomic E-state index is 11.7. The molecule has 0 aliphatic carbocycles. The highest BCUT2D eigenvalue weighted by molar-refractivity contribution is 8.00. The fraction of sp³-hybridized carbons (Fsp3) is 0.429. The number of nitriles is 1. The molecule has 0 atom stereocenters. The Morgan fingerprint density at radius 1 is 1.33 bits per heavy atom. The van der Waals surface area contributed by atoms with Crippen LogP contribution in [-0.2, 0) is 4.79 Å². The van der Waals surface area contributed by atoms with E-state index in [9.17, 15) is 4.79 Å². The van der Waals surface area contributed by atoms with Crippen molar-refractivity contribution in [1.82, 2.24) is 5.32 Å². The van der Waals surface area contributed by atoms with Crippen molar-refractivity contribution in [2.24, 2.45) is 0 Å². The molecule has 3 nitrogen and oxygen atoms in total.